The molecule has 3 aliphatic rings. The van der Waals surface area contributed by atoms with Gasteiger partial charge in [0, 0.05) is 75.7 Å². The summed E-state index contributed by atoms with van der Waals surface area (Å²) in [6.07, 6.45) is 8.64. The van der Waals surface area contributed by atoms with Gasteiger partial charge >= 0.3 is 0 Å². The average molecular weight is 522 g/mol. The zero-order valence-electron chi connectivity index (χ0n) is 21.8. The molecule has 0 radical (unpaired) electrons. The van der Waals surface area contributed by atoms with Crippen LogP contribution in [0.2, 0.25) is 0 Å². The van der Waals surface area contributed by atoms with Crippen LogP contribution in [0.3, 0.4) is 0 Å². The van der Waals surface area contributed by atoms with Gasteiger partial charge in [0.2, 0.25) is 11.9 Å². The van der Waals surface area contributed by atoms with E-state index in [1.165, 1.54) is 0 Å². The summed E-state index contributed by atoms with van der Waals surface area (Å²) in [5.41, 5.74) is 7.04. The fraction of sp³-hybridized carbons (Fsp3) is 0.615. The SMILES string of the molecule is CC1CN(Cc2cnc(N3CCC(C(N)=O)CC3)nc2)CC1c1nc2c(cnn2C2CCOCC2)c(=O)[nH]1. The second-order valence-electron chi connectivity index (χ2n) is 11.0. The lowest BCUT2D eigenvalue weighted by Crippen LogP contribution is -2.39. The first-order valence-corrected chi connectivity index (χ1v) is 13.6. The number of nitrogens with zero attached hydrogens (tertiary/aromatic N) is 7. The summed E-state index contributed by atoms with van der Waals surface area (Å²) in [6.45, 7) is 7.52. The van der Waals surface area contributed by atoms with E-state index in [2.05, 4.69) is 36.8 Å². The van der Waals surface area contributed by atoms with Crippen molar-refractivity contribution in [1.29, 1.82) is 0 Å². The zero-order chi connectivity index (χ0) is 26.2. The molecule has 12 nitrogen and oxygen atoms in total. The molecule has 0 spiro atoms. The molecule has 1 amide bonds. The van der Waals surface area contributed by atoms with Gasteiger partial charge in [0.1, 0.15) is 11.2 Å². The Balaban J connectivity index is 1.13. The maximum atomic E-state index is 12.9. The standard InChI is InChI=1S/C26H35N9O3/c1-16-13-33(14-17-10-28-26(29-11-17)34-6-2-18(3-7-34)22(27)36)15-21(16)23-31-24-20(25(37)32-23)12-30-35(24)19-4-8-38-9-5-19/h10-12,16,18-19,21H,2-9,13-15H2,1H3,(H2,27,36)(H,31,32,37). The number of carbonyl (C=O) groups excluding carboxylic acids is 1. The number of hydrogen-bond donors (Lipinski definition) is 2. The number of amides is 1. The van der Waals surface area contributed by atoms with Crippen molar-refractivity contribution in [3.05, 3.63) is 40.3 Å². The van der Waals surface area contributed by atoms with E-state index in [9.17, 15) is 9.59 Å². The van der Waals surface area contributed by atoms with E-state index in [-0.39, 0.29) is 29.3 Å². The van der Waals surface area contributed by atoms with Crippen molar-refractivity contribution in [3.63, 3.8) is 0 Å². The Hall–Kier alpha value is -3.38. The highest BCUT2D eigenvalue weighted by Gasteiger charge is 2.33. The smallest absolute Gasteiger partial charge is 0.262 e. The summed E-state index contributed by atoms with van der Waals surface area (Å²) in [5.74, 6) is 1.61. The van der Waals surface area contributed by atoms with Gasteiger partial charge in [0.05, 0.1) is 12.2 Å². The van der Waals surface area contributed by atoms with Crippen LogP contribution >= 0.6 is 0 Å². The number of nitrogens with one attached hydrogen (secondary N) is 1. The molecule has 12 heteroatoms. The molecule has 3 aliphatic heterocycles. The molecule has 0 aliphatic carbocycles. The largest absolute Gasteiger partial charge is 0.381 e. The minimum absolute atomic E-state index is 0.0526. The number of ether oxygens (including phenoxy) is 1. The fourth-order valence-corrected chi connectivity index (χ4v) is 6.09. The second kappa shape index (κ2) is 10.4. The molecule has 0 bridgehead atoms. The van der Waals surface area contributed by atoms with Gasteiger partial charge in [0.15, 0.2) is 5.65 Å². The topological polar surface area (TPSA) is 148 Å². The van der Waals surface area contributed by atoms with Crippen LogP contribution in [0, 0.1) is 11.8 Å². The van der Waals surface area contributed by atoms with E-state index >= 15 is 0 Å². The predicted octanol–water partition coefficient (Wildman–Crippen LogP) is 1.20. The number of nitrogens with two attached hydrogens (primary N) is 1. The first-order chi connectivity index (χ1) is 18.5. The Kier molecular flexibility index (Phi) is 6.83. The molecule has 3 fully saturated rings. The van der Waals surface area contributed by atoms with Crippen molar-refractivity contribution in [2.24, 2.45) is 17.6 Å². The number of aromatic amines is 1. The van der Waals surface area contributed by atoms with Gasteiger partial charge in [-0.05, 0) is 31.6 Å². The Morgan fingerprint density at radius 2 is 1.84 bits per heavy atom. The monoisotopic (exact) mass is 521 g/mol. The number of likely N-dealkylation sites (tertiary alicyclic amines) is 1. The van der Waals surface area contributed by atoms with E-state index in [0.717, 1.165) is 69.8 Å². The van der Waals surface area contributed by atoms with Crippen molar-refractivity contribution in [3.8, 4) is 0 Å². The van der Waals surface area contributed by atoms with Crippen LogP contribution in [0.15, 0.2) is 23.4 Å². The lowest BCUT2D eigenvalue weighted by atomic mass is 9.96. The predicted molar refractivity (Wildman–Crippen MR) is 141 cm³/mol. The highest BCUT2D eigenvalue weighted by molar-refractivity contribution is 5.77. The number of hydrogen-bond acceptors (Lipinski definition) is 9. The van der Waals surface area contributed by atoms with Crippen LogP contribution in [0.5, 0.6) is 0 Å². The van der Waals surface area contributed by atoms with Crippen LogP contribution in [0.25, 0.3) is 11.0 Å². The van der Waals surface area contributed by atoms with Crippen LogP contribution < -0.4 is 16.2 Å². The number of aromatic nitrogens is 6. The maximum absolute atomic E-state index is 12.9. The molecular weight excluding hydrogens is 486 g/mol. The second-order valence-corrected chi connectivity index (χ2v) is 11.0. The van der Waals surface area contributed by atoms with E-state index in [4.69, 9.17) is 15.5 Å². The first kappa shape index (κ1) is 24.9. The number of rotatable bonds is 6. The molecule has 3 aromatic rings. The van der Waals surface area contributed by atoms with Crippen molar-refractivity contribution in [2.75, 3.05) is 44.3 Å². The van der Waals surface area contributed by atoms with Crippen LogP contribution in [0.4, 0.5) is 5.95 Å². The summed E-state index contributed by atoms with van der Waals surface area (Å²) in [6, 6.07) is 0.207. The highest BCUT2D eigenvalue weighted by atomic mass is 16.5. The third-order valence-corrected chi connectivity index (χ3v) is 8.34. The third kappa shape index (κ3) is 4.90. The molecule has 0 saturated carbocycles. The van der Waals surface area contributed by atoms with Crippen molar-refractivity contribution >= 4 is 22.9 Å². The molecule has 6 rings (SSSR count). The number of primary amides is 1. The first-order valence-electron chi connectivity index (χ1n) is 13.6. The van der Waals surface area contributed by atoms with Crippen LogP contribution in [0.1, 0.15) is 56.0 Å². The lowest BCUT2D eigenvalue weighted by molar-refractivity contribution is -0.122. The zero-order valence-corrected chi connectivity index (χ0v) is 21.8. The van der Waals surface area contributed by atoms with Gasteiger partial charge in [0.25, 0.3) is 5.56 Å². The molecule has 2 atom stereocenters. The maximum Gasteiger partial charge on any atom is 0.262 e. The highest BCUT2D eigenvalue weighted by Crippen LogP contribution is 2.32. The van der Waals surface area contributed by atoms with Gasteiger partial charge < -0.3 is 20.4 Å². The van der Waals surface area contributed by atoms with Gasteiger partial charge in [-0.3, -0.25) is 14.5 Å². The number of anilines is 1. The molecule has 38 heavy (non-hydrogen) atoms. The summed E-state index contributed by atoms with van der Waals surface area (Å²) < 4.78 is 7.42. The molecule has 6 heterocycles. The summed E-state index contributed by atoms with van der Waals surface area (Å²) in [7, 11) is 0. The van der Waals surface area contributed by atoms with Crippen molar-refractivity contribution in [1.82, 2.24) is 34.6 Å². The Bertz CT molecular complexity index is 1340. The van der Waals surface area contributed by atoms with Gasteiger partial charge in [-0.15, -0.1) is 0 Å². The number of fused-ring (bicyclic) bond motifs is 1. The Labute approximate surface area is 220 Å². The number of piperidine rings is 1. The van der Waals surface area contributed by atoms with Crippen molar-refractivity contribution < 1.29 is 9.53 Å². The number of carbonyl (C=O) groups is 1. The molecule has 3 aromatic heterocycles. The number of H-pyrrole nitrogens is 1. The molecule has 3 N–H and O–H groups in total. The van der Waals surface area contributed by atoms with E-state index in [1.54, 1.807) is 6.20 Å². The van der Waals surface area contributed by atoms with Gasteiger partial charge in [-0.2, -0.15) is 5.10 Å². The Morgan fingerprint density at radius 3 is 2.55 bits per heavy atom. The Morgan fingerprint density at radius 1 is 1.11 bits per heavy atom. The summed E-state index contributed by atoms with van der Waals surface area (Å²) >= 11 is 0. The minimum atomic E-state index is -0.219. The van der Waals surface area contributed by atoms with Crippen LogP contribution in [-0.4, -0.2) is 79.9 Å². The molecule has 3 saturated heterocycles. The van der Waals surface area contributed by atoms with Crippen LogP contribution in [-0.2, 0) is 16.1 Å². The van der Waals surface area contributed by atoms with E-state index in [0.29, 0.717) is 36.1 Å². The third-order valence-electron chi connectivity index (χ3n) is 8.34. The molecule has 0 aromatic carbocycles. The summed E-state index contributed by atoms with van der Waals surface area (Å²) in [4.78, 5) is 46.0. The molecule has 202 valence electrons. The normalized spacial score (nSPS) is 23.9. The molecular formula is C26H35N9O3. The lowest BCUT2D eigenvalue weighted by Gasteiger charge is -2.30. The van der Waals surface area contributed by atoms with Gasteiger partial charge in [-0.1, -0.05) is 6.92 Å². The van der Waals surface area contributed by atoms with E-state index in [1.807, 2.05) is 17.1 Å². The average Bonchev–Trinajstić information content (AvgIpc) is 3.53. The summed E-state index contributed by atoms with van der Waals surface area (Å²) in [5, 5.41) is 5.06. The van der Waals surface area contributed by atoms with Gasteiger partial charge in [-0.25, -0.2) is 19.6 Å². The van der Waals surface area contributed by atoms with E-state index < -0.39 is 0 Å². The fourth-order valence-electron chi connectivity index (χ4n) is 6.09. The van der Waals surface area contributed by atoms with Crippen molar-refractivity contribution in [2.45, 2.75) is 51.1 Å². The quantitative estimate of drug-likeness (QED) is 0.488. The molecule has 2 unspecified atom stereocenters. The minimum Gasteiger partial charge on any atom is -0.381 e.